The van der Waals surface area contributed by atoms with Gasteiger partial charge in [0.25, 0.3) is 0 Å². The summed E-state index contributed by atoms with van der Waals surface area (Å²) in [6, 6.07) is 18.4. The Bertz CT molecular complexity index is 1140. The summed E-state index contributed by atoms with van der Waals surface area (Å²) < 4.78 is 33.0. The largest absolute Gasteiger partial charge is 0.383 e. The van der Waals surface area contributed by atoms with Gasteiger partial charge < -0.3 is 9.64 Å². The Kier molecular flexibility index (Phi) is 8.80. The van der Waals surface area contributed by atoms with Gasteiger partial charge in [0.05, 0.1) is 24.6 Å². The van der Waals surface area contributed by atoms with Crippen LogP contribution in [-0.2, 0) is 32.6 Å². The number of methoxy groups -OCH3 is 1. The Labute approximate surface area is 200 Å². The summed E-state index contributed by atoms with van der Waals surface area (Å²) in [5, 5.41) is 2.00. The molecule has 1 aromatic heterocycles. The van der Waals surface area contributed by atoms with Crippen LogP contribution in [0.15, 0.2) is 70.9 Å². The average molecular weight is 487 g/mol. The fourth-order valence-electron chi connectivity index (χ4n) is 3.36. The zero-order chi connectivity index (χ0) is 23.8. The Morgan fingerprint density at radius 1 is 0.970 bits per heavy atom. The molecule has 0 fully saturated rings. The van der Waals surface area contributed by atoms with E-state index in [0.29, 0.717) is 13.1 Å². The van der Waals surface area contributed by atoms with Gasteiger partial charge in [-0.2, -0.15) is 4.31 Å². The molecule has 0 unspecified atom stereocenters. The first kappa shape index (κ1) is 25.1. The predicted molar refractivity (Wildman–Crippen MR) is 132 cm³/mol. The van der Waals surface area contributed by atoms with E-state index in [2.05, 4.69) is 0 Å². The van der Waals surface area contributed by atoms with E-state index in [4.69, 9.17) is 4.74 Å². The molecule has 33 heavy (non-hydrogen) atoms. The van der Waals surface area contributed by atoms with Gasteiger partial charge in [-0.3, -0.25) is 4.79 Å². The number of carbonyl (C=O) groups excluding carboxylic acids is 1. The van der Waals surface area contributed by atoms with Crippen LogP contribution in [0.3, 0.4) is 0 Å². The number of thiophene rings is 1. The predicted octanol–water partition coefficient (Wildman–Crippen LogP) is 4.23. The summed E-state index contributed by atoms with van der Waals surface area (Å²) in [6.07, 6.45) is 0. The van der Waals surface area contributed by atoms with Gasteiger partial charge >= 0.3 is 0 Å². The van der Waals surface area contributed by atoms with E-state index in [1.54, 1.807) is 40.5 Å². The maximum atomic E-state index is 13.5. The molecule has 0 saturated carbocycles. The molecule has 6 nitrogen and oxygen atoms in total. The summed E-state index contributed by atoms with van der Waals surface area (Å²) in [4.78, 5) is 16.4. The molecular formula is C25H30N2O4S2. The van der Waals surface area contributed by atoms with Crippen molar-refractivity contribution >= 4 is 27.3 Å². The molecule has 0 aliphatic rings. The number of sulfonamides is 1. The molecule has 3 rings (SSSR count). The van der Waals surface area contributed by atoms with Crippen molar-refractivity contribution in [3.63, 3.8) is 0 Å². The van der Waals surface area contributed by atoms with E-state index in [-0.39, 0.29) is 30.5 Å². The summed E-state index contributed by atoms with van der Waals surface area (Å²) >= 11 is 1.60. The first-order valence-corrected chi connectivity index (χ1v) is 13.0. The number of aryl methyl sites for hydroxylation is 2. The molecule has 176 valence electrons. The topological polar surface area (TPSA) is 66.9 Å². The van der Waals surface area contributed by atoms with Crippen molar-refractivity contribution < 1.29 is 17.9 Å². The van der Waals surface area contributed by atoms with Gasteiger partial charge in [-0.05, 0) is 48.6 Å². The molecule has 0 atom stereocenters. The van der Waals surface area contributed by atoms with Gasteiger partial charge in [0.15, 0.2) is 0 Å². The number of carbonyl (C=O) groups is 1. The Balaban J connectivity index is 1.86. The molecule has 0 aliphatic heterocycles. The molecule has 0 spiro atoms. The monoisotopic (exact) mass is 486 g/mol. The standard InChI is InChI=1S/C25H30N2O4S2/c1-20-9-11-23(12-10-20)33(29,30)27(14-15-31-3)19-25(28)26(17-22-7-5-4-6-8-22)18-24-21(2)13-16-32-24/h4-13,16H,14-15,17-19H2,1-3H3. The van der Waals surface area contributed by atoms with Gasteiger partial charge in [0.1, 0.15) is 0 Å². The number of amides is 1. The van der Waals surface area contributed by atoms with Gasteiger partial charge in [-0.25, -0.2) is 8.42 Å². The molecular weight excluding hydrogens is 456 g/mol. The minimum Gasteiger partial charge on any atom is -0.383 e. The molecule has 0 saturated heterocycles. The van der Waals surface area contributed by atoms with Crippen LogP contribution in [0, 0.1) is 13.8 Å². The summed E-state index contributed by atoms with van der Waals surface area (Å²) in [7, 11) is -2.34. The van der Waals surface area contributed by atoms with Crippen LogP contribution in [0.25, 0.3) is 0 Å². The highest BCUT2D eigenvalue weighted by atomic mass is 32.2. The molecule has 0 radical (unpaired) electrons. The first-order chi connectivity index (χ1) is 15.8. The number of rotatable bonds is 11. The Hall–Kier alpha value is -2.52. The van der Waals surface area contributed by atoms with Crippen molar-refractivity contribution in [3.8, 4) is 0 Å². The average Bonchev–Trinajstić information content (AvgIpc) is 3.21. The normalized spacial score (nSPS) is 11.6. The fourth-order valence-corrected chi connectivity index (χ4v) is 5.66. The molecule has 1 amide bonds. The van der Waals surface area contributed by atoms with Crippen LogP contribution in [0.2, 0.25) is 0 Å². The van der Waals surface area contributed by atoms with Gasteiger partial charge in [0.2, 0.25) is 15.9 Å². The lowest BCUT2D eigenvalue weighted by Crippen LogP contribution is -2.43. The number of benzene rings is 2. The van der Waals surface area contributed by atoms with Crippen molar-refractivity contribution in [2.45, 2.75) is 31.8 Å². The van der Waals surface area contributed by atoms with Crippen molar-refractivity contribution in [3.05, 3.63) is 87.6 Å². The molecule has 0 N–H and O–H groups in total. The molecule has 8 heteroatoms. The lowest BCUT2D eigenvalue weighted by Gasteiger charge is -2.27. The zero-order valence-corrected chi connectivity index (χ0v) is 20.9. The summed E-state index contributed by atoms with van der Waals surface area (Å²) in [5.41, 5.74) is 3.08. The smallest absolute Gasteiger partial charge is 0.243 e. The highest BCUT2D eigenvalue weighted by molar-refractivity contribution is 7.89. The Morgan fingerprint density at radius 2 is 1.67 bits per heavy atom. The van der Waals surface area contributed by atoms with Crippen molar-refractivity contribution in [2.75, 3.05) is 26.8 Å². The van der Waals surface area contributed by atoms with E-state index in [0.717, 1.165) is 21.6 Å². The van der Waals surface area contributed by atoms with Crippen molar-refractivity contribution in [1.29, 1.82) is 0 Å². The van der Waals surface area contributed by atoms with E-state index in [1.807, 2.05) is 55.6 Å². The minimum atomic E-state index is -3.85. The molecule has 1 heterocycles. The van der Waals surface area contributed by atoms with Crippen LogP contribution in [0.1, 0.15) is 21.6 Å². The lowest BCUT2D eigenvalue weighted by molar-refractivity contribution is -0.132. The van der Waals surface area contributed by atoms with Gasteiger partial charge in [0, 0.05) is 25.1 Å². The molecule has 0 aliphatic carbocycles. The van der Waals surface area contributed by atoms with Crippen LogP contribution in [-0.4, -0.2) is 50.3 Å². The van der Waals surface area contributed by atoms with Crippen LogP contribution < -0.4 is 0 Å². The third-order valence-electron chi connectivity index (χ3n) is 5.39. The fraction of sp³-hybridized carbons (Fsp3) is 0.320. The number of nitrogens with zero attached hydrogens (tertiary/aromatic N) is 2. The molecule has 2 aromatic carbocycles. The summed E-state index contributed by atoms with van der Waals surface area (Å²) in [5.74, 6) is -0.251. The van der Waals surface area contributed by atoms with Crippen LogP contribution in [0.4, 0.5) is 0 Å². The third kappa shape index (κ3) is 6.74. The van der Waals surface area contributed by atoms with E-state index in [9.17, 15) is 13.2 Å². The van der Waals surface area contributed by atoms with E-state index < -0.39 is 10.0 Å². The van der Waals surface area contributed by atoms with E-state index in [1.165, 1.54) is 11.4 Å². The SMILES string of the molecule is COCCN(CC(=O)N(Cc1ccccc1)Cc1sccc1C)S(=O)(=O)c1ccc(C)cc1. The second-order valence-corrected chi connectivity index (χ2v) is 10.8. The second kappa shape index (κ2) is 11.6. The maximum absolute atomic E-state index is 13.5. The third-order valence-corrected chi connectivity index (χ3v) is 8.25. The minimum absolute atomic E-state index is 0.0929. The summed E-state index contributed by atoms with van der Waals surface area (Å²) in [6.45, 7) is 4.79. The lowest BCUT2D eigenvalue weighted by atomic mass is 10.2. The molecule has 3 aromatic rings. The quantitative estimate of drug-likeness (QED) is 0.407. The highest BCUT2D eigenvalue weighted by Crippen LogP contribution is 2.21. The highest BCUT2D eigenvalue weighted by Gasteiger charge is 2.28. The van der Waals surface area contributed by atoms with Gasteiger partial charge in [-0.1, -0.05) is 48.0 Å². The number of hydrogen-bond donors (Lipinski definition) is 0. The second-order valence-electron chi connectivity index (χ2n) is 7.91. The Morgan fingerprint density at radius 3 is 2.27 bits per heavy atom. The maximum Gasteiger partial charge on any atom is 0.243 e. The van der Waals surface area contributed by atoms with Gasteiger partial charge in [-0.15, -0.1) is 11.3 Å². The number of hydrogen-bond acceptors (Lipinski definition) is 5. The van der Waals surface area contributed by atoms with Crippen molar-refractivity contribution in [1.82, 2.24) is 9.21 Å². The van der Waals surface area contributed by atoms with E-state index >= 15 is 0 Å². The van der Waals surface area contributed by atoms with Crippen LogP contribution >= 0.6 is 11.3 Å². The molecule has 0 bridgehead atoms. The number of ether oxygens (including phenoxy) is 1. The zero-order valence-electron chi connectivity index (χ0n) is 19.2. The van der Waals surface area contributed by atoms with Crippen molar-refractivity contribution in [2.24, 2.45) is 0 Å². The first-order valence-electron chi connectivity index (χ1n) is 10.7. The van der Waals surface area contributed by atoms with Crippen LogP contribution in [0.5, 0.6) is 0 Å².